The molecule has 0 amide bonds. The van der Waals surface area contributed by atoms with Gasteiger partial charge in [0.25, 0.3) is 0 Å². The van der Waals surface area contributed by atoms with Crippen LogP contribution in [0.4, 0.5) is 0 Å². The molecule has 0 fully saturated rings. The number of carbonyl (C=O) groups is 2. The molecular weight excluding hydrogens is 402 g/mol. The van der Waals surface area contributed by atoms with Gasteiger partial charge >= 0.3 is 0 Å². The van der Waals surface area contributed by atoms with Crippen LogP contribution in [0.3, 0.4) is 0 Å². The number of phenolic OH excluding ortho intramolecular Hbond substituents is 2. The number of aryl methyl sites for hydroxylation is 2. The maximum absolute atomic E-state index is 11.1. The normalized spacial score (nSPS) is 12.0. The maximum atomic E-state index is 11.1. The minimum Gasteiger partial charge on any atom is -0.507 e. The first-order valence-corrected chi connectivity index (χ1v) is 10.2. The Balaban J connectivity index is 2.33. The van der Waals surface area contributed by atoms with Crippen LogP contribution >= 0.6 is 11.8 Å². The number of rotatable bonds is 7. The lowest BCUT2D eigenvalue weighted by Crippen LogP contribution is -1.95. The van der Waals surface area contributed by atoms with Crippen LogP contribution in [0.15, 0.2) is 39.5 Å². The minimum atomic E-state index is -0.160. The molecule has 0 radical (unpaired) electrons. The zero-order valence-corrected chi connectivity index (χ0v) is 17.8. The van der Waals surface area contributed by atoms with Gasteiger partial charge in [-0.15, -0.1) is 5.10 Å². The lowest BCUT2D eigenvalue weighted by molar-refractivity contribution is 0.111. The van der Waals surface area contributed by atoms with Gasteiger partial charge in [-0.2, -0.15) is 5.10 Å². The summed E-state index contributed by atoms with van der Waals surface area (Å²) in [5.41, 5.74) is 2.76. The van der Waals surface area contributed by atoms with Gasteiger partial charge in [0.2, 0.25) is 5.17 Å². The van der Waals surface area contributed by atoms with E-state index in [0.717, 1.165) is 23.3 Å². The third-order valence-corrected chi connectivity index (χ3v) is 5.03. The number of benzene rings is 2. The van der Waals surface area contributed by atoms with Gasteiger partial charge in [0.05, 0.1) is 17.3 Å². The summed E-state index contributed by atoms with van der Waals surface area (Å²) in [6, 6.07) is 6.57. The number of thioether (sulfide) groups is 1. The molecule has 2 aromatic carbocycles. The highest BCUT2D eigenvalue weighted by molar-refractivity contribution is 8.13. The molecule has 0 bridgehead atoms. The second kappa shape index (κ2) is 11.1. The van der Waals surface area contributed by atoms with Crippen LogP contribution < -0.4 is 0 Å². The highest BCUT2D eigenvalue weighted by Crippen LogP contribution is 2.23. The Kier molecular flexibility index (Phi) is 8.49. The van der Waals surface area contributed by atoms with E-state index in [-0.39, 0.29) is 22.6 Å². The smallest absolute Gasteiger partial charge is 0.208 e. The molecular formula is C22H23N3O4S. The summed E-state index contributed by atoms with van der Waals surface area (Å²) in [6.45, 7) is 5.64. The van der Waals surface area contributed by atoms with Crippen LogP contribution in [0.25, 0.3) is 0 Å². The average molecular weight is 426 g/mol. The number of amidine groups is 1. The molecule has 0 aliphatic carbocycles. The number of aromatic hydroxyl groups is 2. The largest absolute Gasteiger partial charge is 0.507 e. The van der Waals surface area contributed by atoms with E-state index >= 15 is 0 Å². The molecule has 0 unspecified atom stereocenters. The molecule has 0 spiro atoms. The van der Waals surface area contributed by atoms with Gasteiger partial charge in [-0.05, 0) is 55.7 Å². The Morgan fingerprint density at radius 2 is 1.40 bits per heavy atom. The predicted molar refractivity (Wildman–Crippen MR) is 122 cm³/mol. The van der Waals surface area contributed by atoms with Crippen LogP contribution in [0.5, 0.6) is 11.5 Å². The van der Waals surface area contributed by atoms with E-state index < -0.39 is 0 Å². The van der Waals surface area contributed by atoms with E-state index in [1.165, 1.54) is 24.2 Å². The van der Waals surface area contributed by atoms with Crippen LogP contribution in [-0.2, 0) is 0 Å². The molecule has 0 saturated carbocycles. The van der Waals surface area contributed by atoms with Crippen molar-refractivity contribution < 1.29 is 19.8 Å². The third kappa shape index (κ3) is 6.12. The highest BCUT2D eigenvalue weighted by atomic mass is 32.2. The summed E-state index contributed by atoms with van der Waals surface area (Å²) >= 11 is 1.38. The van der Waals surface area contributed by atoms with Crippen LogP contribution in [0, 0.1) is 13.8 Å². The Morgan fingerprint density at radius 1 is 0.900 bits per heavy atom. The van der Waals surface area contributed by atoms with Gasteiger partial charge in [0.1, 0.15) is 11.5 Å². The number of hydrogen-bond acceptors (Lipinski definition) is 7. The Hall–Kier alpha value is -3.26. The molecule has 30 heavy (non-hydrogen) atoms. The fourth-order valence-electron chi connectivity index (χ4n) is 2.60. The minimum absolute atomic E-state index is 0.145. The molecule has 0 saturated heterocycles. The molecule has 0 aromatic heterocycles. The van der Waals surface area contributed by atoms with E-state index in [4.69, 9.17) is 0 Å². The number of carbonyl (C=O) groups excluding carboxylic acids is 2. The molecule has 2 N–H and O–H groups in total. The van der Waals surface area contributed by atoms with Crippen LogP contribution in [0.1, 0.15) is 56.3 Å². The zero-order chi connectivity index (χ0) is 22.1. The second-order valence-electron chi connectivity index (χ2n) is 6.55. The molecule has 2 rings (SSSR count). The van der Waals surface area contributed by atoms with E-state index in [2.05, 4.69) is 15.2 Å². The van der Waals surface area contributed by atoms with Gasteiger partial charge in [-0.1, -0.05) is 18.7 Å². The standard InChI is InChI=1S/C22H23N3O4S/c1-4-5-30-22(23-10-16-6-14(2)8-18(12-26)20(16)28)25-24-11-17-7-15(3)9-19(13-27)21(17)29/h6-13,28-29H,4-5H2,1-3H3. The van der Waals surface area contributed by atoms with E-state index in [1.54, 1.807) is 24.3 Å². The van der Waals surface area contributed by atoms with E-state index in [9.17, 15) is 19.8 Å². The van der Waals surface area contributed by atoms with Crippen molar-refractivity contribution in [1.29, 1.82) is 0 Å². The molecule has 0 aliphatic heterocycles. The van der Waals surface area contributed by atoms with Gasteiger partial charge in [0, 0.05) is 23.1 Å². The van der Waals surface area contributed by atoms with E-state index in [1.807, 2.05) is 20.8 Å². The second-order valence-corrected chi connectivity index (χ2v) is 7.62. The fourth-order valence-corrected chi connectivity index (χ4v) is 3.22. The first kappa shape index (κ1) is 23.0. The van der Waals surface area contributed by atoms with E-state index in [0.29, 0.717) is 28.9 Å². The van der Waals surface area contributed by atoms with Gasteiger partial charge in [-0.25, -0.2) is 4.99 Å². The first-order valence-electron chi connectivity index (χ1n) is 9.25. The summed E-state index contributed by atoms with van der Waals surface area (Å²) < 4.78 is 0. The molecule has 0 heterocycles. The SMILES string of the molecule is CCCSC(N=Cc1cc(C)cc(C=O)c1O)=NN=Cc1cc(C)cc(C=O)c1O. The summed E-state index contributed by atoms with van der Waals surface area (Å²) in [7, 11) is 0. The summed E-state index contributed by atoms with van der Waals surface area (Å²) in [5, 5.41) is 28.7. The van der Waals surface area contributed by atoms with Crippen molar-refractivity contribution in [2.45, 2.75) is 27.2 Å². The summed E-state index contributed by atoms with van der Waals surface area (Å²) in [4.78, 5) is 26.4. The number of phenols is 2. The van der Waals surface area contributed by atoms with Crippen molar-refractivity contribution in [1.82, 2.24) is 0 Å². The third-order valence-electron chi connectivity index (χ3n) is 3.97. The van der Waals surface area contributed by atoms with Gasteiger partial charge in [0.15, 0.2) is 12.6 Å². The monoisotopic (exact) mass is 425 g/mol. The maximum Gasteiger partial charge on any atom is 0.208 e. The lowest BCUT2D eigenvalue weighted by Gasteiger charge is -2.04. The average Bonchev–Trinajstić information content (AvgIpc) is 2.73. The molecule has 0 aliphatic rings. The van der Waals surface area contributed by atoms with Crippen LogP contribution in [0.2, 0.25) is 0 Å². The molecule has 2 aromatic rings. The number of nitrogens with zero attached hydrogens (tertiary/aromatic N) is 3. The quantitative estimate of drug-likeness (QED) is 0.297. The van der Waals surface area contributed by atoms with Crippen molar-refractivity contribution in [3.8, 4) is 11.5 Å². The van der Waals surface area contributed by atoms with Gasteiger partial charge < -0.3 is 10.2 Å². The van der Waals surface area contributed by atoms with Crippen LogP contribution in [-0.4, -0.2) is 46.1 Å². The van der Waals surface area contributed by atoms with Crippen molar-refractivity contribution >= 4 is 41.9 Å². The summed E-state index contributed by atoms with van der Waals surface area (Å²) in [5.74, 6) is 0.455. The van der Waals surface area contributed by atoms with Crippen molar-refractivity contribution in [3.63, 3.8) is 0 Å². The molecule has 0 atom stereocenters. The molecule has 7 nitrogen and oxygen atoms in total. The van der Waals surface area contributed by atoms with Crippen molar-refractivity contribution in [2.75, 3.05) is 5.75 Å². The van der Waals surface area contributed by atoms with Gasteiger partial charge in [-0.3, -0.25) is 9.59 Å². The fraction of sp³-hybridized carbons (Fsp3) is 0.227. The number of hydrogen-bond donors (Lipinski definition) is 2. The Morgan fingerprint density at radius 3 is 1.90 bits per heavy atom. The number of aldehydes is 2. The Labute approximate surface area is 179 Å². The van der Waals surface area contributed by atoms with Crippen molar-refractivity contribution in [3.05, 3.63) is 57.6 Å². The Bertz CT molecular complexity index is 1030. The lowest BCUT2D eigenvalue weighted by atomic mass is 10.1. The topological polar surface area (TPSA) is 112 Å². The number of aliphatic imine (C=N–C) groups is 1. The first-order chi connectivity index (χ1) is 14.4. The highest BCUT2D eigenvalue weighted by Gasteiger charge is 2.08. The zero-order valence-electron chi connectivity index (χ0n) is 17.0. The molecule has 156 valence electrons. The molecule has 8 heteroatoms. The predicted octanol–water partition coefficient (Wildman–Crippen LogP) is 4.29. The van der Waals surface area contributed by atoms with Crippen molar-refractivity contribution in [2.24, 2.45) is 15.2 Å². The summed E-state index contributed by atoms with van der Waals surface area (Å²) in [6.07, 6.45) is 4.85.